The molecule has 2 aliphatic heterocycles. The van der Waals surface area contributed by atoms with E-state index in [1.54, 1.807) is 4.31 Å². The van der Waals surface area contributed by atoms with Gasteiger partial charge in [0, 0.05) is 19.1 Å². The smallest absolute Gasteiger partial charge is 0.214 e. The molecular weight excluding hydrogens is 176 g/mol. The zero-order chi connectivity index (χ0) is 8.77. The molecule has 2 aliphatic rings. The molecule has 0 spiro atoms. The van der Waals surface area contributed by atoms with Crippen molar-refractivity contribution in [2.45, 2.75) is 25.4 Å². The molecule has 0 saturated carbocycles. The molecule has 1 N–H and O–H groups in total. The molecule has 2 atom stereocenters. The summed E-state index contributed by atoms with van der Waals surface area (Å²) in [7, 11) is -2.89. The molecule has 70 valence electrons. The number of nitrogens with zero attached hydrogens (tertiary/aromatic N) is 1. The van der Waals surface area contributed by atoms with Gasteiger partial charge in [-0.1, -0.05) is 0 Å². The Morgan fingerprint density at radius 3 is 2.58 bits per heavy atom. The van der Waals surface area contributed by atoms with Crippen LogP contribution in [-0.2, 0) is 10.0 Å². The molecule has 4 nitrogen and oxygen atoms in total. The highest BCUT2D eigenvalue weighted by Gasteiger charge is 2.40. The molecule has 2 fully saturated rings. The second kappa shape index (κ2) is 2.68. The standard InChI is InChI=1S/C7H14N2O2S/c1-6-7(5-8-6)9-3-2-4-12(9,10)11/h6-8H,2-5H2,1H3/t6-,7+/m1/s1. The average molecular weight is 190 g/mol. The van der Waals surface area contributed by atoms with Crippen LogP contribution in [0.15, 0.2) is 0 Å². The second-order valence-electron chi connectivity index (χ2n) is 3.54. The van der Waals surface area contributed by atoms with Crippen LogP contribution in [-0.4, -0.2) is 43.6 Å². The summed E-state index contributed by atoms with van der Waals surface area (Å²) < 4.78 is 24.5. The minimum Gasteiger partial charge on any atom is -0.311 e. The van der Waals surface area contributed by atoms with E-state index in [1.165, 1.54) is 0 Å². The zero-order valence-electron chi connectivity index (χ0n) is 7.16. The maximum atomic E-state index is 11.4. The molecule has 0 aromatic rings. The Kier molecular flexibility index (Phi) is 1.89. The fourth-order valence-electron chi connectivity index (χ4n) is 1.84. The van der Waals surface area contributed by atoms with E-state index in [0.717, 1.165) is 19.5 Å². The van der Waals surface area contributed by atoms with E-state index in [-0.39, 0.29) is 6.04 Å². The van der Waals surface area contributed by atoms with Crippen molar-refractivity contribution in [3.05, 3.63) is 0 Å². The summed E-state index contributed by atoms with van der Waals surface area (Å²) >= 11 is 0. The van der Waals surface area contributed by atoms with Crippen LogP contribution in [0.1, 0.15) is 13.3 Å². The maximum Gasteiger partial charge on any atom is 0.214 e. The van der Waals surface area contributed by atoms with Crippen LogP contribution in [0.5, 0.6) is 0 Å². The van der Waals surface area contributed by atoms with E-state index in [1.807, 2.05) is 6.92 Å². The van der Waals surface area contributed by atoms with E-state index in [4.69, 9.17) is 0 Å². The summed E-state index contributed by atoms with van der Waals surface area (Å²) in [5.74, 6) is 0.343. The van der Waals surface area contributed by atoms with Crippen molar-refractivity contribution >= 4 is 10.0 Å². The third-order valence-electron chi connectivity index (χ3n) is 2.73. The Bertz CT molecular complexity index is 275. The quantitative estimate of drug-likeness (QED) is 0.599. The zero-order valence-corrected chi connectivity index (χ0v) is 7.97. The van der Waals surface area contributed by atoms with Gasteiger partial charge in [0.2, 0.25) is 10.0 Å². The first-order valence-electron chi connectivity index (χ1n) is 4.34. The molecule has 2 rings (SSSR count). The fourth-order valence-corrected chi connectivity index (χ4v) is 3.65. The van der Waals surface area contributed by atoms with Crippen LogP contribution in [0.3, 0.4) is 0 Å². The van der Waals surface area contributed by atoms with E-state index in [0.29, 0.717) is 11.8 Å². The number of sulfonamides is 1. The molecule has 0 bridgehead atoms. The Morgan fingerprint density at radius 2 is 2.25 bits per heavy atom. The predicted octanol–water partition coefficient (Wildman–Crippen LogP) is -0.618. The third kappa shape index (κ3) is 1.16. The Hall–Kier alpha value is -0.130. The van der Waals surface area contributed by atoms with Crippen molar-refractivity contribution < 1.29 is 8.42 Å². The van der Waals surface area contributed by atoms with Crippen molar-refractivity contribution in [2.24, 2.45) is 0 Å². The summed E-state index contributed by atoms with van der Waals surface area (Å²) in [4.78, 5) is 0. The Morgan fingerprint density at radius 1 is 1.50 bits per heavy atom. The number of rotatable bonds is 1. The van der Waals surface area contributed by atoms with E-state index < -0.39 is 10.0 Å². The van der Waals surface area contributed by atoms with Gasteiger partial charge in [0.25, 0.3) is 0 Å². The van der Waals surface area contributed by atoms with Gasteiger partial charge in [-0.25, -0.2) is 8.42 Å². The lowest BCUT2D eigenvalue weighted by Crippen LogP contribution is -2.63. The van der Waals surface area contributed by atoms with Crippen LogP contribution >= 0.6 is 0 Å². The Balaban J connectivity index is 2.13. The summed E-state index contributed by atoms with van der Waals surface area (Å²) in [6, 6.07) is 0.551. The average Bonchev–Trinajstić information content (AvgIpc) is 2.29. The summed E-state index contributed by atoms with van der Waals surface area (Å²) in [5.41, 5.74) is 0. The third-order valence-corrected chi connectivity index (χ3v) is 4.71. The molecule has 0 amide bonds. The predicted molar refractivity (Wildman–Crippen MR) is 46.4 cm³/mol. The van der Waals surface area contributed by atoms with Crippen molar-refractivity contribution in [2.75, 3.05) is 18.8 Å². The van der Waals surface area contributed by atoms with Crippen LogP contribution in [0.25, 0.3) is 0 Å². The lowest BCUT2D eigenvalue weighted by Gasteiger charge is -2.40. The second-order valence-corrected chi connectivity index (χ2v) is 5.59. The first-order valence-corrected chi connectivity index (χ1v) is 5.95. The number of hydrogen-bond donors (Lipinski definition) is 1. The molecule has 5 heteroatoms. The van der Waals surface area contributed by atoms with Crippen LogP contribution in [0.4, 0.5) is 0 Å². The van der Waals surface area contributed by atoms with Crippen LogP contribution < -0.4 is 5.32 Å². The van der Waals surface area contributed by atoms with Crippen molar-refractivity contribution in [1.82, 2.24) is 9.62 Å². The highest BCUT2D eigenvalue weighted by atomic mass is 32.2. The minimum absolute atomic E-state index is 0.220. The molecule has 2 heterocycles. The number of hydrogen-bond acceptors (Lipinski definition) is 3. The van der Waals surface area contributed by atoms with Crippen molar-refractivity contribution in [3.63, 3.8) is 0 Å². The van der Waals surface area contributed by atoms with E-state index in [2.05, 4.69) is 5.32 Å². The van der Waals surface area contributed by atoms with E-state index >= 15 is 0 Å². The van der Waals surface area contributed by atoms with Gasteiger partial charge < -0.3 is 5.32 Å². The van der Waals surface area contributed by atoms with Crippen molar-refractivity contribution in [3.8, 4) is 0 Å². The minimum atomic E-state index is -2.89. The van der Waals surface area contributed by atoms with Gasteiger partial charge in [0.15, 0.2) is 0 Å². The lowest BCUT2D eigenvalue weighted by molar-refractivity contribution is 0.193. The molecule has 0 aromatic carbocycles. The van der Waals surface area contributed by atoms with Gasteiger partial charge in [0.1, 0.15) is 0 Å². The molecular formula is C7H14N2O2S. The maximum absolute atomic E-state index is 11.4. The van der Waals surface area contributed by atoms with Gasteiger partial charge in [-0.3, -0.25) is 0 Å². The van der Waals surface area contributed by atoms with Crippen LogP contribution in [0, 0.1) is 0 Å². The highest BCUT2D eigenvalue weighted by molar-refractivity contribution is 7.89. The monoisotopic (exact) mass is 190 g/mol. The SMILES string of the molecule is C[C@H]1NC[C@@H]1N1CCCS1(=O)=O. The van der Waals surface area contributed by atoms with Gasteiger partial charge in [-0.15, -0.1) is 0 Å². The fraction of sp³-hybridized carbons (Fsp3) is 1.00. The Labute approximate surface area is 73.0 Å². The molecule has 0 radical (unpaired) electrons. The molecule has 2 saturated heterocycles. The van der Waals surface area contributed by atoms with Gasteiger partial charge in [-0.05, 0) is 13.3 Å². The first kappa shape index (κ1) is 8.47. The topological polar surface area (TPSA) is 49.4 Å². The van der Waals surface area contributed by atoms with Gasteiger partial charge >= 0.3 is 0 Å². The normalized spacial score (nSPS) is 41.1. The molecule has 0 aromatic heterocycles. The summed E-state index contributed by atoms with van der Waals surface area (Å²) in [5, 5.41) is 3.17. The van der Waals surface area contributed by atoms with Gasteiger partial charge in [-0.2, -0.15) is 4.31 Å². The van der Waals surface area contributed by atoms with Gasteiger partial charge in [0.05, 0.1) is 11.8 Å². The largest absolute Gasteiger partial charge is 0.311 e. The number of nitrogens with one attached hydrogen (secondary N) is 1. The molecule has 0 aliphatic carbocycles. The highest BCUT2D eigenvalue weighted by Crippen LogP contribution is 2.22. The lowest BCUT2D eigenvalue weighted by atomic mass is 10.0. The van der Waals surface area contributed by atoms with E-state index in [9.17, 15) is 8.42 Å². The summed E-state index contributed by atoms with van der Waals surface area (Å²) in [6.07, 6.45) is 0.797. The van der Waals surface area contributed by atoms with Crippen molar-refractivity contribution in [1.29, 1.82) is 0 Å². The van der Waals surface area contributed by atoms with Crippen LogP contribution in [0.2, 0.25) is 0 Å². The molecule has 12 heavy (non-hydrogen) atoms. The molecule has 0 unspecified atom stereocenters. The summed E-state index contributed by atoms with van der Waals surface area (Å²) in [6.45, 7) is 3.57. The first-order chi connectivity index (χ1) is 5.61.